The lowest BCUT2D eigenvalue weighted by Gasteiger charge is -2.16. The number of amides is 2. The van der Waals surface area contributed by atoms with E-state index in [9.17, 15) is 4.79 Å². The smallest absolute Gasteiger partial charge is 0.319 e. The predicted octanol–water partition coefficient (Wildman–Crippen LogP) is 3.36. The number of para-hydroxylation sites is 1. The van der Waals surface area contributed by atoms with Gasteiger partial charge in [-0.05, 0) is 37.3 Å². The van der Waals surface area contributed by atoms with Crippen molar-refractivity contribution in [3.63, 3.8) is 0 Å². The minimum Gasteiger partial charge on any atom is -0.423 e. The lowest BCUT2D eigenvalue weighted by Crippen LogP contribution is -2.40. The van der Waals surface area contributed by atoms with Gasteiger partial charge in [0.1, 0.15) is 0 Å². The van der Waals surface area contributed by atoms with Crippen LogP contribution in [0.25, 0.3) is 11.5 Å². The van der Waals surface area contributed by atoms with Crippen LogP contribution in [0, 0.1) is 0 Å². The SMILES string of the molecule is C[C@@H](CNc1ccccc1)NC(=O)Nc1cccc(-c2nnco2)c1. The number of carbonyl (C=O) groups excluding carboxylic acids is 1. The van der Waals surface area contributed by atoms with Gasteiger partial charge in [0.15, 0.2) is 0 Å². The zero-order chi connectivity index (χ0) is 17.5. The molecule has 2 aromatic carbocycles. The van der Waals surface area contributed by atoms with Gasteiger partial charge in [0, 0.05) is 29.5 Å². The summed E-state index contributed by atoms with van der Waals surface area (Å²) in [5.41, 5.74) is 2.41. The summed E-state index contributed by atoms with van der Waals surface area (Å²) >= 11 is 0. The van der Waals surface area contributed by atoms with Gasteiger partial charge in [-0.1, -0.05) is 24.3 Å². The first-order valence-electron chi connectivity index (χ1n) is 7.94. The van der Waals surface area contributed by atoms with Crippen LogP contribution < -0.4 is 16.0 Å². The number of rotatable bonds is 6. The van der Waals surface area contributed by atoms with Crippen molar-refractivity contribution in [2.45, 2.75) is 13.0 Å². The molecule has 0 saturated carbocycles. The molecule has 0 fully saturated rings. The molecule has 0 aliphatic heterocycles. The second-order valence-electron chi connectivity index (χ2n) is 5.57. The maximum atomic E-state index is 12.1. The van der Waals surface area contributed by atoms with Crippen LogP contribution in [-0.2, 0) is 0 Å². The van der Waals surface area contributed by atoms with E-state index in [1.54, 1.807) is 12.1 Å². The van der Waals surface area contributed by atoms with Crippen LogP contribution >= 0.6 is 0 Å². The Morgan fingerprint density at radius 2 is 1.92 bits per heavy atom. The molecule has 0 aliphatic rings. The standard InChI is InChI=1S/C18H19N5O2/c1-13(11-19-15-7-3-2-4-8-15)21-18(24)22-16-9-5-6-14(10-16)17-23-20-12-25-17/h2-10,12-13,19H,11H2,1H3,(H2,21,22,24)/t13-/m0/s1. The van der Waals surface area contributed by atoms with Crippen molar-refractivity contribution in [1.82, 2.24) is 15.5 Å². The first-order valence-corrected chi connectivity index (χ1v) is 7.94. The van der Waals surface area contributed by atoms with Crippen molar-refractivity contribution in [3.05, 3.63) is 61.0 Å². The second-order valence-corrected chi connectivity index (χ2v) is 5.57. The van der Waals surface area contributed by atoms with Gasteiger partial charge in [0.25, 0.3) is 0 Å². The summed E-state index contributed by atoms with van der Waals surface area (Å²) in [7, 11) is 0. The normalized spacial score (nSPS) is 11.6. The fourth-order valence-electron chi connectivity index (χ4n) is 2.30. The zero-order valence-electron chi connectivity index (χ0n) is 13.8. The molecule has 7 nitrogen and oxygen atoms in total. The van der Waals surface area contributed by atoms with Gasteiger partial charge < -0.3 is 20.4 Å². The number of nitrogens with one attached hydrogen (secondary N) is 3. The van der Waals surface area contributed by atoms with Crippen LogP contribution in [0.5, 0.6) is 0 Å². The first-order chi connectivity index (χ1) is 12.2. The molecule has 0 bridgehead atoms. The summed E-state index contributed by atoms with van der Waals surface area (Å²) in [6, 6.07) is 16.8. The maximum Gasteiger partial charge on any atom is 0.319 e. The Bertz CT molecular complexity index is 805. The lowest BCUT2D eigenvalue weighted by molar-refractivity contribution is 0.249. The number of anilines is 2. The van der Waals surface area contributed by atoms with Crippen LogP contribution in [0.15, 0.2) is 65.4 Å². The van der Waals surface area contributed by atoms with Crippen LogP contribution in [0.1, 0.15) is 6.92 Å². The van der Waals surface area contributed by atoms with E-state index in [-0.39, 0.29) is 12.1 Å². The van der Waals surface area contributed by atoms with Gasteiger partial charge in [-0.25, -0.2) is 4.79 Å². The summed E-state index contributed by atoms with van der Waals surface area (Å²) in [5, 5.41) is 16.5. The molecule has 0 spiro atoms. The van der Waals surface area contributed by atoms with Crippen molar-refractivity contribution in [2.24, 2.45) is 0 Å². The molecular weight excluding hydrogens is 318 g/mol. The van der Waals surface area contributed by atoms with Gasteiger partial charge >= 0.3 is 6.03 Å². The van der Waals surface area contributed by atoms with E-state index in [0.29, 0.717) is 18.1 Å². The molecule has 3 aromatic rings. The molecule has 0 saturated heterocycles. The van der Waals surface area contributed by atoms with Crippen LogP contribution in [0.2, 0.25) is 0 Å². The number of hydrogen-bond donors (Lipinski definition) is 3. The number of urea groups is 1. The number of nitrogens with zero attached hydrogens (tertiary/aromatic N) is 2. The van der Waals surface area contributed by atoms with Crippen molar-refractivity contribution >= 4 is 17.4 Å². The van der Waals surface area contributed by atoms with Crippen molar-refractivity contribution < 1.29 is 9.21 Å². The van der Waals surface area contributed by atoms with Gasteiger partial charge in [0.2, 0.25) is 12.3 Å². The van der Waals surface area contributed by atoms with E-state index in [0.717, 1.165) is 11.3 Å². The van der Waals surface area contributed by atoms with Crippen molar-refractivity contribution in [2.75, 3.05) is 17.2 Å². The fourth-order valence-corrected chi connectivity index (χ4v) is 2.30. The van der Waals surface area contributed by atoms with E-state index in [4.69, 9.17) is 4.42 Å². The number of carbonyl (C=O) groups is 1. The highest BCUT2D eigenvalue weighted by molar-refractivity contribution is 5.90. The quantitative estimate of drug-likeness (QED) is 0.641. The van der Waals surface area contributed by atoms with E-state index in [1.807, 2.05) is 49.4 Å². The largest absolute Gasteiger partial charge is 0.423 e. The Morgan fingerprint density at radius 1 is 1.12 bits per heavy atom. The van der Waals surface area contributed by atoms with E-state index in [2.05, 4.69) is 26.1 Å². The van der Waals surface area contributed by atoms with Gasteiger partial charge in [-0.2, -0.15) is 0 Å². The summed E-state index contributed by atoms with van der Waals surface area (Å²) in [4.78, 5) is 12.1. The third-order valence-electron chi connectivity index (χ3n) is 3.49. The Labute approximate surface area is 145 Å². The second kappa shape index (κ2) is 7.96. The number of benzene rings is 2. The molecule has 1 heterocycles. The average Bonchev–Trinajstić information content (AvgIpc) is 3.16. The summed E-state index contributed by atoms with van der Waals surface area (Å²) in [6.45, 7) is 2.56. The molecule has 25 heavy (non-hydrogen) atoms. The van der Waals surface area contributed by atoms with Gasteiger partial charge in [-0.3, -0.25) is 0 Å². The van der Waals surface area contributed by atoms with Gasteiger partial charge in [0.05, 0.1) is 0 Å². The highest BCUT2D eigenvalue weighted by atomic mass is 16.4. The third-order valence-corrected chi connectivity index (χ3v) is 3.49. The summed E-state index contributed by atoms with van der Waals surface area (Å²) < 4.78 is 5.16. The van der Waals surface area contributed by atoms with Crippen molar-refractivity contribution in [3.8, 4) is 11.5 Å². The van der Waals surface area contributed by atoms with Crippen LogP contribution in [0.3, 0.4) is 0 Å². The van der Waals surface area contributed by atoms with Gasteiger partial charge in [-0.15, -0.1) is 10.2 Å². The molecule has 3 rings (SSSR count). The fraction of sp³-hybridized carbons (Fsp3) is 0.167. The molecule has 0 unspecified atom stereocenters. The number of hydrogen-bond acceptors (Lipinski definition) is 5. The van der Waals surface area contributed by atoms with Crippen LogP contribution in [0.4, 0.5) is 16.2 Å². The third kappa shape index (κ3) is 4.81. The molecule has 2 amide bonds. The molecular formula is C18H19N5O2. The van der Waals surface area contributed by atoms with Crippen molar-refractivity contribution in [1.29, 1.82) is 0 Å². The minimum absolute atomic E-state index is 0.0423. The molecule has 1 aromatic heterocycles. The Kier molecular flexibility index (Phi) is 5.26. The molecule has 3 N–H and O–H groups in total. The molecule has 0 radical (unpaired) electrons. The topological polar surface area (TPSA) is 92.1 Å². The zero-order valence-corrected chi connectivity index (χ0v) is 13.8. The molecule has 7 heteroatoms. The lowest BCUT2D eigenvalue weighted by atomic mass is 10.2. The Hall–Kier alpha value is -3.35. The van der Waals surface area contributed by atoms with E-state index < -0.39 is 0 Å². The Balaban J connectivity index is 1.51. The molecule has 1 atom stereocenters. The average molecular weight is 337 g/mol. The van der Waals surface area contributed by atoms with Crippen LogP contribution in [-0.4, -0.2) is 28.8 Å². The predicted molar refractivity (Wildman–Crippen MR) is 96.3 cm³/mol. The van der Waals surface area contributed by atoms with E-state index in [1.165, 1.54) is 6.39 Å². The number of aromatic nitrogens is 2. The minimum atomic E-state index is -0.273. The first kappa shape index (κ1) is 16.5. The monoisotopic (exact) mass is 337 g/mol. The highest BCUT2D eigenvalue weighted by Gasteiger charge is 2.09. The molecule has 0 aliphatic carbocycles. The maximum absolute atomic E-state index is 12.1. The highest BCUT2D eigenvalue weighted by Crippen LogP contribution is 2.20. The van der Waals surface area contributed by atoms with E-state index >= 15 is 0 Å². The molecule has 128 valence electrons. The summed E-state index contributed by atoms with van der Waals surface area (Å²) in [6.07, 6.45) is 1.27. The summed E-state index contributed by atoms with van der Waals surface area (Å²) in [5.74, 6) is 0.407. The Morgan fingerprint density at radius 3 is 2.68 bits per heavy atom.